The van der Waals surface area contributed by atoms with Crippen molar-refractivity contribution in [2.75, 3.05) is 13.2 Å². The van der Waals surface area contributed by atoms with E-state index < -0.39 is 0 Å². The van der Waals surface area contributed by atoms with E-state index in [-0.39, 0.29) is 25.1 Å². The molecule has 0 amide bonds. The molecular weight excluding hydrogens is 129 g/mol. The first-order valence-corrected chi connectivity index (χ1v) is 2.73. The van der Waals surface area contributed by atoms with Crippen molar-refractivity contribution in [3.8, 4) is 0 Å². The van der Waals surface area contributed by atoms with Crippen molar-refractivity contribution in [1.29, 1.82) is 0 Å². The first-order valence-electron chi connectivity index (χ1n) is 2.73. The van der Waals surface area contributed by atoms with Gasteiger partial charge in [0, 0.05) is 6.04 Å². The van der Waals surface area contributed by atoms with Crippen molar-refractivity contribution < 1.29 is 4.39 Å². The van der Waals surface area contributed by atoms with Gasteiger partial charge in [-0.15, -0.1) is 12.4 Å². The number of rotatable bonds is 1. The molecule has 0 radical (unpaired) electrons. The molecule has 8 heavy (non-hydrogen) atoms. The second kappa shape index (κ2) is 4.10. The van der Waals surface area contributed by atoms with Crippen molar-refractivity contribution in [3.05, 3.63) is 0 Å². The molecule has 0 unspecified atom stereocenters. The maximum absolute atomic E-state index is 11.6. The number of hydrogen-bond acceptors (Lipinski definition) is 1. The van der Waals surface area contributed by atoms with Gasteiger partial charge in [-0.1, -0.05) is 0 Å². The molecule has 0 aliphatic carbocycles. The fraction of sp³-hybridized carbons (Fsp3) is 1.00. The van der Waals surface area contributed by atoms with E-state index in [4.69, 9.17) is 0 Å². The summed E-state index contributed by atoms with van der Waals surface area (Å²) >= 11 is 0. The predicted molar refractivity (Wildman–Crippen MR) is 34.2 cm³/mol. The van der Waals surface area contributed by atoms with Crippen molar-refractivity contribution in [2.45, 2.75) is 18.9 Å². The van der Waals surface area contributed by atoms with E-state index in [0.717, 1.165) is 19.4 Å². The summed E-state index contributed by atoms with van der Waals surface area (Å²) < 4.78 is 11.6. The summed E-state index contributed by atoms with van der Waals surface area (Å²) in [6.45, 7) is 0.814. The zero-order valence-corrected chi connectivity index (χ0v) is 5.51. The molecule has 1 fully saturated rings. The summed E-state index contributed by atoms with van der Waals surface area (Å²) in [5, 5.41) is 3.03. The second-order valence-electron chi connectivity index (χ2n) is 1.95. The van der Waals surface area contributed by atoms with Crippen molar-refractivity contribution in [2.24, 2.45) is 0 Å². The van der Waals surface area contributed by atoms with Crippen molar-refractivity contribution in [1.82, 2.24) is 5.32 Å². The topological polar surface area (TPSA) is 12.0 Å². The molecule has 1 atom stereocenters. The van der Waals surface area contributed by atoms with Gasteiger partial charge in [-0.2, -0.15) is 0 Å². The lowest BCUT2D eigenvalue weighted by atomic mass is 10.2. The zero-order valence-electron chi connectivity index (χ0n) is 4.69. The third-order valence-electron chi connectivity index (χ3n) is 1.35. The lowest BCUT2D eigenvalue weighted by Gasteiger charge is -1.99. The summed E-state index contributed by atoms with van der Waals surface area (Å²) in [7, 11) is 0. The fourth-order valence-corrected chi connectivity index (χ4v) is 0.888. The molecular formula is C5H11ClFN. The van der Waals surface area contributed by atoms with E-state index in [9.17, 15) is 4.39 Å². The molecule has 0 spiro atoms. The molecule has 0 bridgehead atoms. The van der Waals surface area contributed by atoms with E-state index >= 15 is 0 Å². The Morgan fingerprint density at radius 2 is 2.38 bits per heavy atom. The molecule has 1 aliphatic rings. The van der Waals surface area contributed by atoms with Crippen LogP contribution in [0, 0.1) is 0 Å². The highest BCUT2D eigenvalue weighted by atomic mass is 35.5. The minimum absolute atomic E-state index is 0. The predicted octanol–water partition coefficient (Wildman–Crippen LogP) is 1.13. The number of hydrogen-bond donors (Lipinski definition) is 1. The van der Waals surface area contributed by atoms with Gasteiger partial charge in [0.15, 0.2) is 0 Å². The number of halogens is 2. The van der Waals surface area contributed by atoms with Crippen LogP contribution in [0.25, 0.3) is 0 Å². The van der Waals surface area contributed by atoms with Gasteiger partial charge in [0.2, 0.25) is 0 Å². The Bertz CT molecular complexity index is 54.4. The Morgan fingerprint density at radius 3 is 2.62 bits per heavy atom. The highest BCUT2D eigenvalue weighted by Crippen LogP contribution is 2.03. The molecule has 3 heteroatoms. The highest BCUT2D eigenvalue weighted by molar-refractivity contribution is 5.85. The Kier molecular flexibility index (Phi) is 4.19. The minimum atomic E-state index is -0.194. The fourth-order valence-electron chi connectivity index (χ4n) is 0.888. The largest absolute Gasteiger partial charge is 0.311 e. The van der Waals surface area contributed by atoms with Gasteiger partial charge in [-0.25, -0.2) is 4.39 Å². The summed E-state index contributed by atoms with van der Waals surface area (Å²) in [6.07, 6.45) is 2.17. The molecule has 1 nitrogen and oxygen atoms in total. The van der Waals surface area contributed by atoms with Gasteiger partial charge in [-0.3, -0.25) is 0 Å². The van der Waals surface area contributed by atoms with Crippen LogP contribution >= 0.6 is 12.4 Å². The molecule has 1 N–H and O–H groups in total. The molecule has 1 rings (SSSR count). The average molecular weight is 140 g/mol. The molecule has 0 aromatic rings. The molecule has 1 saturated heterocycles. The molecule has 0 aromatic heterocycles. The van der Waals surface area contributed by atoms with E-state index in [1.54, 1.807) is 0 Å². The van der Waals surface area contributed by atoms with Crippen LogP contribution in [-0.2, 0) is 0 Å². The first kappa shape index (κ1) is 8.18. The minimum Gasteiger partial charge on any atom is -0.311 e. The summed E-state index contributed by atoms with van der Waals surface area (Å²) in [5.41, 5.74) is 0. The Hall–Kier alpha value is 0.180. The van der Waals surface area contributed by atoms with E-state index in [0.29, 0.717) is 0 Å². The van der Waals surface area contributed by atoms with Crippen molar-refractivity contribution >= 4 is 12.4 Å². The maximum Gasteiger partial charge on any atom is 0.105 e. The summed E-state index contributed by atoms with van der Waals surface area (Å²) in [5.74, 6) is 0. The Balaban J connectivity index is 0.000000490. The Labute approximate surface area is 55.1 Å². The maximum atomic E-state index is 11.6. The van der Waals surface area contributed by atoms with E-state index in [1.165, 1.54) is 0 Å². The van der Waals surface area contributed by atoms with Crippen LogP contribution in [0.2, 0.25) is 0 Å². The van der Waals surface area contributed by atoms with Crippen LogP contribution in [0.4, 0.5) is 4.39 Å². The van der Waals surface area contributed by atoms with E-state index in [1.807, 2.05) is 0 Å². The zero-order chi connectivity index (χ0) is 5.11. The van der Waals surface area contributed by atoms with Crippen LogP contribution in [-0.4, -0.2) is 19.3 Å². The quantitative estimate of drug-likeness (QED) is 0.575. The third-order valence-corrected chi connectivity index (χ3v) is 1.35. The van der Waals surface area contributed by atoms with Gasteiger partial charge in [-0.05, 0) is 19.4 Å². The molecule has 50 valence electrons. The van der Waals surface area contributed by atoms with Gasteiger partial charge < -0.3 is 5.32 Å². The van der Waals surface area contributed by atoms with Gasteiger partial charge >= 0.3 is 0 Å². The standard InChI is InChI=1S/C5H10FN.ClH/c6-4-5-2-1-3-7-5;/h5,7H,1-4H2;1H/t5-;/m1./s1. The van der Waals surface area contributed by atoms with Gasteiger partial charge in [0.25, 0.3) is 0 Å². The number of alkyl halides is 1. The van der Waals surface area contributed by atoms with E-state index in [2.05, 4.69) is 5.32 Å². The Morgan fingerprint density at radius 1 is 1.62 bits per heavy atom. The smallest absolute Gasteiger partial charge is 0.105 e. The normalized spacial score (nSPS) is 27.4. The molecule has 1 heterocycles. The number of nitrogens with one attached hydrogen (secondary N) is 1. The van der Waals surface area contributed by atoms with Crippen LogP contribution in [0.1, 0.15) is 12.8 Å². The van der Waals surface area contributed by atoms with Gasteiger partial charge in [0.05, 0.1) is 0 Å². The average Bonchev–Trinajstić information content (AvgIpc) is 2.14. The summed E-state index contributed by atoms with van der Waals surface area (Å²) in [6, 6.07) is 0.181. The summed E-state index contributed by atoms with van der Waals surface area (Å²) in [4.78, 5) is 0. The van der Waals surface area contributed by atoms with Crippen LogP contribution in [0.15, 0.2) is 0 Å². The van der Waals surface area contributed by atoms with Crippen LogP contribution in [0.5, 0.6) is 0 Å². The molecule has 0 saturated carbocycles. The lowest BCUT2D eigenvalue weighted by Crippen LogP contribution is -2.22. The van der Waals surface area contributed by atoms with Crippen molar-refractivity contribution in [3.63, 3.8) is 0 Å². The van der Waals surface area contributed by atoms with Gasteiger partial charge in [0.1, 0.15) is 6.67 Å². The second-order valence-corrected chi connectivity index (χ2v) is 1.95. The first-order chi connectivity index (χ1) is 3.43. The van der Waals surface area contributed by atoms with Crippen LogP contribution in [0.3, 0.4) is 0 Å². The molecule has 0 aromatic carbocycles. The monoisotopic (exact) mass is 139 g/mol. The SMILES string of the molecule is Cl.FC[C@H]1CCCN1. The highest BCUT2D eigenvalue weighted by Gasteiger charge is 2.11. The third kappa shape index (κ3) is 1.97. The molecule has 1 aliphatic heterocycles. The lowest BCUT2D eigenvalue weighted by molar-refractivity contribution is 0.406. The van der Waals surface area contributed by atoms with Crippen LogP contribution < -0.4 is 5.32 Å².